The normalized spacial score (nSPS) is 20.8. The SMILES string of the molecule is COC(=O)c1cccc(N2C(=O)N3CCc4c([nH]c5ccccc45)C3(C)C2=O)c1. The van der Waals surface area contributed by atoms with Crippen LogP contribution in [0.1, 0.15) is 28.5 Å². The van der Waals surface area contributed by atoms with Crippen LogP contribution in [0, 0.1) is 0 Å². The Kier molecular flexibility index (Phi) is 3.58. The molecule has 0 radical (unpaired) electrons. The van der Waals surface area contributed by atoms with Gasteiger partial charge in [-0.3, -0.25) is 4.79 Å². The largest absolute Gasteiger partial charge is 0.465 e. The van der Waals surface area contributed by atoms with Crippen molar-refractivity contribution in [2.75, 3.05) is 18.6 Å². The van der Waals surface area contributed by atoms with Gasteiger partial charge in [0.1, 0.15) is 0 Å². The number of aromatic nitrogens is 1. The number of nitrogens with one attached hydrogen (secondary N) is 1. The highest BCUT2D eigenvalue weighted by molar-refractivity contribution is 6.23. The lowest BCUT2D eigenvalue weighted by Gasteiger charge is -2.35. The number of urea groups is 1. The number of fused-ring (bicyclic) bond motifs is 5. The van der Waals surface area contributed by atoms with Crippen LogP contribution < -0.4 is 4.90 Å². The Balaban J connectivity index is 1.64. The zero-order valence-corrected chi connectivity index (χ0v) is 16.1. The Morgan fingerprint density at radius 2 is 1.93 bits per heavy atom. The fraction of sp³-hybridized carbons (Fsp3) is 0.227. The summed E-state index contributed by atoms with van der Waals surface area (Å²) in [5.41, 5.74) is 2.31. The average Bonchev–Trinajstić information content (AvgIpc) is 3.22. The van der Waals surface area contributed by atoms with Gasteiger partial charge >= 0.3 is 12.0 Å². The third kappa shape index (κ3) is 2.21. The molecule has 2 aliphatic rings. The smallest absolute Gasteiger partial charge is 0.337 e. The second kappa shape index (κ2) is 5.94. The third-order valence-electron chi connectivity index (χ3n) is 5.99. The molecular formula is C22H19N3O4. The summed E-state index contributed by atoms with van der Waals surface area (Å²) in [4.78, 5) is 44.9. The number of H-pyrrole nitrogens is 1. The van der Waals surface area contributed by atoms with Crippen molar-refractivity contribution in [1.29, 1.82) is 0 Å². The van der Waals surface area contributed by atoms with E-state index in [9.17, 15) is 14.4 Å². The molecule has 1 atom stereocenters. The molecule has 2 aliphatic heterocycles. The molecule has 3 aromatic rings. The number of nitrogens with zero attached hydrogens (tertiary/aromatic N) is 2. The van der Waals surface area contributed by atoms with Crippen LogP contribution in [0.2, 0.25) is 0 Å². The number of carbonyl (C=O) groups excluding carboxylic acids is 3. The maximum atomic E-state index is 13.6. The predicted octanol–water partition coefficient (Wildman–Crippen LogP) is 3.19. The van der Waals surface area contributed by atoms with Crippen molar-refractivity contribution in [3.05, 3.63) is 65.4 Å². The van der Waals surface area contributed by atoms with E-state index in [1.165, 1.54) is 13.2 Å². The summed E-state index contributed by atoms with van der Waals surface area (Å²) in [6.07, 6.45) is 0.671. The van der Waals surface area contributed by atoms with Gasteiger partial charge in [-0.25, -0.2) is 14.5 Å². The molecule has 29 heavy (non-hydrogen) atoms. The summed E-state index contributed by atoms with van der Waals surface area (Å²) in [5, 5.41) is 1.08. The van der Waals surface area contributed by atoms with Crippen molar-refractivity contribution in [2.45, 2.75) is 18.9 Å². The summed E-state index contributed by atoms with van der Waals surface area (Å²) < 4.78 is 4.76. The second-order valence-electron chi connectivity index (χ2n) is 7.46. The lowest BCUT2D eigenvalue weighted by Crippen LogP contribution is -2.49. The number of rotatable bonds is 2. The first kappa shape index (κ1) is 17.5. The fourth-order valence-corrected chi connectivity index (χ4v) is 4.51. The Labute approximate surface area is 166 Å². The minimum Gasteiger partial charge on any atom is -0.465 e. The van der Waals surface area contributed by atoms with Gasteiger partial charge in [0.05, 0.1) is 24.1 Å². The van der Waals surface area contributed by atoms with Gasteiger partial charge in [-0.2, -0.15) is 0 Å². The highest BCUT2D eigenvalue weighted by Crippen LogP contribution is 2.45. The van der Waals surface area contributed by atoms with Crippen molar-refractivity contribution in [3.8, 4) is 0 Å². The van der Waals surface area contributed by atoms with E-state index in [0.29, 0.717) is 18.7 Å². The average molecular weight is 389 g/mol. The van der Waals surface area contributed by atoms with Crippen LogP contribution in [0.5, 0.6) is 0 Å². The predicted molar refractivity (Wildman–Crippen MR) is 107 cm³/mol. The molecule has 1 N–H and O–H groups in total. The Morgan fingerprint density at radius 3 is 2.72 bits per heavy atom. The van der Waals surface area contributed by atoms with E-state index < -0.39 is 11.5 Å². The highest BCUT2D eigenvalue weighted by Gasteiger charge is 2.59. The van der Waals surface area contributed by atoms with E-state index in [1.807, 2.05) is 24.3 Å². The van der Waals surface area contributed by atoms with Crippen LogP contribution in [0.3, 0.4) is 0 Å². The molecule has 2 aromatic carbocycles. The van der Waals surface area contributed by atoms with Crippen molar-refractivity contribution in [3.63, 3.8) is 0 Å². The van der Waals surface area contributed by atoms with Crippen molar-refractivity contribution < 1.29 is 19.1 Å². The Morgan fingerprint density at radius 1 is 1.14 bits per heavy atom. The number of esters is 1. The summed E-state index contributed by atoms with van der Waals surface area (Å²) in [5.74, 6) is -0.857. The number of carbonyl (C=O) groups is 3. The van der Waals surface area contributed by atoms with Crippen molar-refractivity contribution >= 4 is 34.5 Å². The number of para-hydroxylation sites is 1. The molecule has 0 spiro atoms. The molecule has 1 unspecified atom stereocenters. The fourth-order valence-electron chi connectivity index (χ4n) is 4.51. The number of imide groups is 1. The Bertz CT molecular complexity index is 1200. The van der Waals surface area contributed by atoms with Crippen molar-refractivity contribution in [1.82, 2.24) is 9.88 Å². The molecule has 1 fully saturated rings. The van der Waals surface area contributed by atoms with E-state index in [2.05, 4.69) is 4.98 Å². The molecule has 0 bridgehead atoms. The molecule has 146 valence electrons. The summed E-state index contributed by atoms with van der Waals surface area (Å²) in [6.45, 7) is 2.23. The quantitative estimate of drug-likeness (QED) is 0.539. The number of amides is 3. The van der Waals surface area contributed by atoms with Gasteiger partial charge < -0.3 is 14.6 Å². The molecule has 3 heterocycles. The van der Waals surface area contributed by atoms with Gasteiger partial charge in [-0.15, -0.1) is 0 Å². The summed E-state index contributed by atoms with van der Waals surface area (Å²) in [7, 11) is 1.29. The number of hydrogen-bond acceptors (Lipinski definition) is 4. The van der Waals surface area contributed by atoms with E-state index in [1.54, 1.807) is 30.0 Å². The number of methoxy groups -OCH3 is 1. The first-order chi connectivity index (χ1) is 14.0. The minimum absolute atomic E-state index is 0.284. The van der Waals surface area contributed by atoms with E-state index >= 15 is 0 Å². The van der Waals surface area contributed by atoms with Crippen LogP contribution in [0.15, 0.2) is 48.5 Å². The zero-order valence-electron chi connectivity index (χ0n) is 16.1. The maximum absolute atomic E-state index is 13.6. The molecule has 1 saturated heterocycles. The van der Waals surface area contributed by atoms with Gasteiger partial charge in [0.25, 0.3) is 5.91 Å². The standard InChI is InChI=1S/C22H19N3O4/c1-22-18-16(15-8-3-4-9-17(15)23-18)10-11-24(22)21(28)25(20(22)27)14-7-5-6-13(12-14)19(26)29-2/h3-9,12,23H,10-11H2,1-2H3. The van der Waals surface area contributed by atoms with Gasteiger partial charge in [-0.1, -0.05) is 24.3 Å². The topological polar surface area (TPSA) is 82.7 Å². The van der Waals surface area contributed by atoms with Crippen LogP contribution >= 0.6 is 0 Å². The molecule has 5 rings (SSSR count). The number of hydrogen-bond donors (Lipinski definition) is 1. The van der Waals surface area contributed by atoms with Crippen molar-refractivity contribution in [2.24, 2.45) is 0 Å². The third-order valence-corrected chi connectivity index (χ3v) is 5.99. The monoisotopic (exact) mass is 389 g/mol. The zero-order chi connectivity index (χ0) is 20.3. The van der Waals surface area contributed by atoms with E-state index in [4.69, 9.17) is 4.74 Å². The molecule has 3 amide bonds. The van der Waals surface area contributed by atoms with Gasteiger partial charge in [0.15, 0.2) is 5.54 Å². The molecule has 7 nitrogen and oxygen atoms in total. The molecule has 0 aliphatic carbocycles. The van der Waals surface area contributed by atoms with Crippen LogP contribution in [-0.4, -0.2) is 41.4 Å². The number of benzene rings is 2. The van der Waals surface area contributed by atoms with E-state index in [0.717, 1.165) is 27.1 Å². The first-order valence-electron chi connectivity index (χ1n) is 9.41. The van der Waals surface area contributed by atoms with Gasteiger partial charge in [0.2, 0.25) is 0 Å². The molecule has 7 heteroatoms. The molecule has 1 aromatic heterocycles. The first-order valence-corrected chi connectivity index (χ1v) is 9.41. The lowest BCUT2D eigenvalue weighted by atomic mass is 9.87. The highest BCUT2D eigenvalue weighted by atomic mass is 16.5. The van der Waals surface area contributed by atoms with E-state index in [-0.39, 0.29) is 17.5 Å². The minimum atomic E-state index is -1.12. The van der Waals surface area contributed by atoms with Gasteiger partial charge in [0, 0.05) is 17.4 Å². The number of anilines is 1. The summed E-state index contributed by atoms with van der Waals surface area (Å²) in [6, 6.07) is 13.9. The van der Waals surface area contributed by atoms with Crippen LogP contribution in [-0.2, 0) is 21.5 Å². The van der Waals surface area contributed by atoms with Gasteiger partial charge in [-0.05, 0) is 43.2 Å². The van der Waals surface area contributed by atoms with Crippen LogP contribution in [0.4, 0.5) is 10.5 Å². The molecular weight excluding hydrogens is 370 g/mol. The van der Waals surface area contributed by atoms with Crippen LogP contribution in [0.25, 0.3) is 10.9 Å². The molecule has 0 saturated carbocycles. The number of aromatic amines is 1. The number of ether oxygens (including phenoxy) is 1. The second-order valence-corrected chi connectivity index (χ2v) is 7.46. The maximum Gasteiger partial charge on any atom is 0.337 e. The lowest BCUT2D eigenvalue weighted by molar-refractivity contribution is -0.125. The Hall–Kier alpha value is -3.61. The summed E-state index contributed by atoms with van der Waals surface area (Å²) >= 11 is 0.